The molecule has 232 valence electrons. The number of hydrogen-bond acceptors (Lipinski definition) is 6. The second-order valence-corrected chi connectivity index (χ2v) is 11.7. The van der Waals surface area contributed by atoms with E-state index in [9.17, 15) is 9.59 Å². The number of halogens is 3. The minimum Gasteiger partial charge on any atom is -0.444 e. The van der Waals surface area contributed by atoms with E-state index in [-0.39, 0.29) is 17.3 Å². The van der Waals surface area contributed by atoms with Crippen LogP contribution in [0.5, 0.6) is 0 Å². The summed E-state index contributed by atoms with van der Waals surface area (Å²) >= 11 is 0. The number of nitrogens with one attached hydrogen (secondary N) is 3. The van der Waals surface area contributed by atoms with Crippen molar-refractivity contribution in [3.05, 3.63) is 65.9 Å². The zero-order chi connectivity index (χ0) is 31.8. The number of urea groups is 1. The zero-order valence-corrected chi connectivity index (χ0v) is 25.1. The van der Waals surface area contributed by atoms with Gasteiger partial charge in [0.1, 0.15) is 11.3 Å². The molecule has 0 unspecified atom stereocenters. The highest BCUT2D eigenvalue weighted by Crippen LogP contribution is 2.34. The van der Waals surface area contributed by atoms with Gasteiger partial charge in [-0.15, -0.1) is 0 Å². The van der Waals surface area contributed by atoms with E-state index in [0.717, 1.165) is 22.0 Å². The lowest BCUT2D eigenvalue weighted by Crippen LogP contribution is -2.44. The van der Waals surface area contributed by atoms with Crippen LogP contribution in [0.1, 0.15) is 39.2 Å². The molecule has 1 aliphatic rings. The molecule has 0 atom stereocenters. The average molecular weight is 610 g/mol. The number of amides is 3. The fraction of sp³-hybridized carbons (Fsp3) is 0.355. The molecule has 2 aromatic carbocycles. The molecule has 44 heavy (non-hydrogen) atoms. The van der Waals surface area contributed by atoms with Crippen LogP contribution >= 0.6 is 0 Å². The van der Waals surface area contributed by atoms with E-state index in [0.29, 0.717) is 31.6 Å². The standard InChI is InChI=1S/C31H34F3N7O3/c1-17-24(32)28(26(34)25(33)27(17)37-20-10-12-41(13-11-20)30(43)44-31(2,3)4)39-29(42)38-19-8-6-18(7-9-19)21-14-35-16-23-22(21)15-36-40(23)5/h6-9,14-16,20,37H,10-13H2,1-5H3,(H2,38,39,42). The van der Waals surface area contributed by atoms with Gasteiger partial charge in [0.15, 0.2) is 17.5 Å². The fourth-order valence-corrected chi connectivity index (χ4v) is 5.09. The van der Waals surface area contributed by atoms with Gasteiger partial charge in [0.25, 0.3) is 0 Å². The summed E-state index contributed by atoms with van der Waals surface area (Å²) in [5, 5.41) is 12.7. The lowest BCUT2D eigenvalue weighted by molar-refractivity contribution is 0.0210. The summed E-state index contributed by atoms with van der Waals surface area (Å²) in [6.07, 6.45) is 5.58. The van der Waals surface area contributed by atoms with E-state index in [1.807, 2.05) is 7.05 Å². The molecule has 2 aromatic heterocycles. The van der Waals surface area contributed by atoms with Crippen molar-refractivity contribution in [1.29, 1.82) is 0 Å². The quantitative estimate of drug-likeness (QED) is 0.214. The summed E-state index contributed by atoms with van der Waals surface area (Å²) in [7, 11) is 1.82. The second kappa shape index (κ2) is 12.1. The third-order valence-corrected chi connectivity index (χ3v) is 7.42. The minimum absolute atomic E-state index is 0.184. The Balaban J connectivity index is 1.23. The van der Waals surface area contributed by atoms with E-state index in [2.05, 4.69) is 26.0 Å². The SMILES string of the molecule is Cc1c(F)c(NC(=O)Nc2ccc(-c3cncc4c3cnn4C)cc2)c(F)c(F)c1NC1CCN(C(=O)OC(C)(C)C)CC1. The highest BCUT2D eigenvalue weighted by Gasteiger charge is 2.30. The molecule has 10 nitrogen and oxygen atoms in total. The lowest BCUT2D eigenvalue weighted by Gasteiger charge is -2.34. The molecule has 4 aromatic rings. The first-order valence-corrected chi connectivity index (χ1v) is 14.2. The number of ether oxygens (including phenoxy) is 1. The first-order chi connectivity index (χ1) is 20.8. The van der Waals surface area contributed by atoms with Gasteiger partial charge in [-0.1, -0.05) is 12.1 Å². The molecular weight excluding hydrogens is 575 g/mol. The smallest absolute Gasteiger partial charge is 0.410 e. The van der Waals surface area contributed by atoms with Crippen LogP contribution in [0.4, 0.5) is 39.8 Å². The number of anilines is 3. The maximum absolute atomic E-state index is 15.3. The number of carbonyl (C=O) groups is 2. The van der Waals surface area contributed by atoms with Crippen LogP contribution in [0.15, 0.2) is 42.9 Å². The van der Waals surface area contributed by atoms with E-state index in [1.54, 1.807) is 73.2 Å². The summed E-state index contributed by atoms with van der Waals surface area (Å²) in [4.78, 5) is 30.8. The Bertz CT molecular complexity index is 1680. The molecule has 0 saturated carbocycles. The van der Waals surface area contributed by atoms with Crippen molar-refractivity contribution in [1.82, 2.24) is 19.7 Å². The highest BCUT2D eigenvalue weighted by molar-refractivity contribution is 6.00. The van der Waals surface area contributed by atoms with Crippen molar-refractivity contribution >= 4 is 40.1 Å². The number of likely N-dealkylation sites (tertiary alicyclic amines) is 1. The highest BCUT2D eigenvalue weighted by atomic mass is 19.2. The van der Waals surface area contributed by atoms with Crippen LogP contribution in [-0.4, -0.2) is 56.5 Å². The normalized spacial score (nSPS) is 14.0. The van der Waals surface area contributed by atoms with Crippen molar-refractivity contribution in [2.45, 2.75) is 52.2 Å². The van der Waals surface area contributed by atoms with E-state index in [1.165, 1.54) is 6.92 Å². The Morgan fingerprint density at radius 3 is 2.25 bits per heavy atom. The number of rotatable bonds is 5. The average Bonchev–Trinajstić information content (AvgIpc) is 3.37. The molecule has 0 spiro atoms. The number of fused-ring (bicyclic) bond motifs is 1. The Morgan fingerprint density at radius 2 is 1.59 bits per heavy atom. The maximum Gasteiger partial charge on any atom is 0.410 e. The molecular formula is C31H34F3N7O3. The second-order valence-electron chi connectivity index (χ2n) is 11.7. The van der Waals surface area contributed by atoms with Gasteiger partial charge in [-0.25, -0.2) is 22.8 Å². The van der Waals surface area contributed by atoms with E-state index < -0.39 is 40.9 Å². The predicted octanol–water partition coefficient (Wildman–Crippen LogP) is 6.82. The maximum atomic E-state index is 15.3. The number of nitrogens with zero attached hydrogens (tertiary/aromatic N) is 4. The summed E-state index contributed by atoms with van der Waals surface area (Å²) in [6, 6.07) is 5.52. The Kier molecular flexibility index (Phi) is 8.40. The van der Waals surface area contributed by atoms with Crippen molar-refractivity contribution in [2.24, 2.45) is 7.05 Å². The number of piperidine rings is 1. The molecule has 13 heteroatoms. The van der Waals surface area contributed by atoms with Gasteiger partial charge in [0.2, 0.25) is 0 Å². The molecule has 0 aliphatic carbocycles. The summed E-state index contributed by atoms with van der Waals surface area (Å²) < 4.78 is 52.6. The molecule has 1 aliphatic heterocycles. The first kappa shape index (κ1) is 30.6. The van der Waals surface area contributed by atoms with Gasteiger partial charge in [0, 0.05) is 54.6 Å². The minimum atomic E-state index is -1.52. The number of hydrogen-bond donors (Lipinski definition) is 3. The monoisotopic (exact) mass is 609 g/mol. The number of benzene rings is 2. The van der Waals surface area contributed by atoms with Gasteiger partial charge in [-0.05, 0) is 58.2 Å². The number of aryl methyl sites for hydroxylation is 1. The van der Waals surface area contributed by atoms with Gasteiger partial charge in [-0.2, -0.15) is 5.10 Å². The van der Waals surface area contributed by atoms with Gasteiger partial charge in [0.05, 0.1) is 23.6 Å². The molecule has 5 rings (SSSR count). The predicted molar refractivity (Wildman–Crippen MR) is 162 cm³/mol. The van der Waals surface area contributed by atoms with Gasteiger partial charge < -0.3 is 25.6 Å². The van der Waals surface area contributed by atoms with Crippen molar-refractivity contribution in [3.8, 4) is 11.1 Å². The van der Waals surface area contributed by atoms with Crippen LogP contribution in [0.3, 0.4) is 0 Å². The Morgan fingerprint density at radius 1 is 0.932 bits per heavy atom. The van der Waals surface area contributed by atoms with Crippen LogP contribution in [-0.2, 0) is 11.8 Å². The third-order valence-electron chi connectivity index (χ3n) is 7.42. The number of pyridine rings is 1. The molecule has 3 amide bonds. The van der Waals surface area contributed by atoms with Crippen LogP contribution in [0.25, 0.3) is 22.0 Å². The zero-order valence-electron chi connectivity index (χ0n) is 25.1. The summed E-state index contributed by atoms with van der Waals surface area (Å²) in [5.41, 5.74) is 0.860. The first-order valence-electron chi connectivity index (χ1n) is 14.2. The van der Waals surface area contributed by atoms with Crippen molar-refractivity contribution < 1.29 is 27.5 Å². The van der Waals surface area contributed by atoms with Gasteiger partial charge >= 0.3 is 12.1 Å². The lowest BCUT2D eigenvalue weighted by atomic mass is 10.0. The fourth-order valence-electron chi connectivity index (χ4n) is 5.09. The summed E-state index contributed by atoms with van der Waals surface area (Å²) in [6.45, 7) is 7.31. The third kappa shape index (κ3) is 6.41. The molecule has 0 bridgehead atoms. The van der Waals surface area contributed by atoms with Crippen LogP contribution in [0, 0.1) is 24.4 Å². The van der Waals surface area contributed by atoms with E-state index >= 15 is 13.2 Å². The molecule has 1 saturated heterocycles. The largest absolute Gasteiger partial charge is 0.444 e. The molecule has 0 radical (unpaired) electrons. The Labute approximate surface area is 252 Å². The van der Waals surface area contributed by atoms with Crippen molar-refractivity contribution in [2.75, 3.05) is 29.0 Å². The topological polar surface area (TPSA) is 113 Å². The molecule has 3 N–H and O–H groups in total. The van der Waals surface area contributed by atoms with Crippen molar-refractivity contribution in [3.63, 3.8) is 0 Å². The molecule has 1 fully saturated rings. The van der Waals surface area contributed by atoms with Crippen LogP contribution in [0.2, 0.25) is 0 Å². The number of carbonyl (C=O) groups excluding carboxylic acids is 2. The van der Waals surface area contributed by atoms with E-state index in [4.69, 9.17) is 4.74 Å². The van der Waals surface area contributed by atoms with Crippen LogP contribution < -0.4 is 16.0 Å². The Hall–Kier alpha value is -4.81. The number of aromatic nitrogens is 3. The molecule has 3 heterocycles. The van der Waals surface area contributed by atoms with Gasteiger partial charge in [-0.3, -0.25) is 9.67 Å². The summed E-state index contributed by atoms with van der Waals surface area (Å²) in [5.74, 6) is -3.93.